The van der Waals surface area contributed by atoms with Crippen LogP contribution in [0.5, 0.6) is 5.75 Å². The molecule has 0 atom stereocenters. The van der Waals surface area contributed by atoms with Gasteiger partial charge in [0.25, 0.3) is 5.91 Å². The fourth-order valence-corrected chi connectivity index (χ4v) is 3.96. The molecule has 0 bridgehead atoms. The van der Waals surface area contributed by atoms with E-state index in [1.165, 1.54) is 0 Å². The van der Waals surface area contributed by atoms with Crippen LogP contribution in [0.15, 0.2) is 36.5 Å². The highest BCUT2D eigenvalue weighted by Gasteiger charge is 2.32. The van der Waals surface area contributed by atoms with E-state index in [-0.39, 0.29) is 5.91 Å². The maximum absolute atomic E-state index is 14.1. The largest absolute Gasteiger partial charge is 0.490 e. The monoisotopic (exact) mass is 439 g/mol. The predicted octanol–water partition coefficient (Wildman–Crippen LogP) is 4.62. The molecule has 0 radical (unpaired) electrons. The minimum atomic E-state index is -1.19. The summed E-state index contributed by atoms with van der Waals surface area (Å²) in [5.41, 5.74) is 1.08. The van der Waals surface area contributed by atoms with Crippen LogP contribution in [0.3, 0.4) is 0 Å². The SMILES string of the molecule is CC/C=C/Nc1nc(C)cc(N2CCOc3cc(C(=O)N4CCC(C)(F)CC4)ccc32)n1. The first kappa shape index (κ1) is 22.0. The van der Waals surface area contributed by atoms with E-state index in [4.69, 9.17) is 4.74 Å². The number of rotatable bonds is 5. The number of allylic oxidation sites excluding steroid dienone is 1. The molecule has 1 aromatic heterocycles. The van der Waals surface area contributed by atoms with Gasteiger partial charge >= 0.3 is 0 Å². The summed E-state index contributed by atoms with van der Waals surface area (Å²) >= 11 is 0. The number of piperidine rings is 1. The summed E-state index contributed by atoms with van der Waals surface area (Å²) in [5.74, 6) is 1.86. The van der Waals surface area contributed by atoms with Crippen LogP contribution in [0, 0.1) is 6.92 Å². The van der Waals surface area contributed by atoms with Crippen molar-refractivity contribution in [2.75, 3.05) is 36.5 Å². The zero-order valence-electron chi connectivity index (χ0n) is 18.9. The first-order valence-corrected chi connectivity index (χ1v) is 11.2. The lowest BCUT2D eigenvalue weighted by atomic mass is 9.95. The van der Waals surface area contributed by atoms with Crippen molar-refractivity contribution in [2.24, 2.45) is 0 Å². The summed E-state index contributed by atoms with van der Waals surface area (Å²) < 4.78 is 20.0. The number of fused-ring (bicyclic) bond motifs is 1. The molecule has 2 aliphatic rings. The molecule has 0 spiro atoms. The molecule has 8 heteroatoms. The number of aromatic nitrogens is 2. The van der Waals surface area contributed by atoms with Gasteiger partial charge in [0.1, 0.15) is 23.8 Å². The van der Waals surface area contributed by atoms with Gasteiger partial charge in [0.15, 0.2) is 0 Å². The van der Waals surface area contributed by atoms with Crippen LogP contribution in [0.4, 0.5) is 21.8 Å². The molecular formula is C24H30FN5O2. The summed E-state index contributed by atoms with van der Waals surface area (Å²) in [5, 5.41) is 3.12. The highest BCUT2D eigenvalue weighted by molar-refractivity contribution is 5.95. The lowest BCUT2D eigenvalue weighted by Crippen LogP contribution is -2.43. The molecule has 0 aliphatic carbocycles. The molecule has 0 unspecified atom stereocenters. The third-order valence-corrected chi connectivity index (χ3v) is 5.85. The molecule has 1 aromatic carbocycles. The number of nitrogens with one attached hydrogen (secondary N) is 1. The Balaban J connectivity index is 1.56. The van der Waals surface area contributed by atoms with E-state index in [1.807, 2.05) is 37.4 Å². The summed E-state index contributed by atoms with van der Waals surface area (Å²) in [6.07, 6.45) is 5.50. The van der Waals surface area contributed by atoms with Gasteiger partial charge in [-0.15, -0.1) is 0 Å². The quantitative estimate of drug-likeness (QED) is 0.733. The zero-order chi connectivity index (χ0) is 22.7. The van der Waals surface area contributed by atoms with Crippen LogP contribution in [0.25, 0.3) is 0 Å². The molecule has 7 nitrogen and oxygen atoms in total. The van der Waals surface area contributed by atoms with Gasteiger partial charge in [-0.1, -0.05) is 13.0 Å². The normalized spacial score (nSPS) is 17.8. The average molecular weight is 440 g/mol. The number of nitrogens with zero attached hydrogens (tertiary/aromatic N) is 4. The lowest BCUT2D eigenvalue weighted by Gasteiger charge is -2.34. The van der Waals surface area contributed by atoms with Crippen molar-refractivity contribution in [1.29, 1.82) is 0 Å². The minimum Gasteiger partial charge on any atom is -0.490 e. The molecule has 1 saturated heterocycles. The standard InChI is InChI=1S/C24H30FN5O2/c1-4-5-10-26-23-27-17(2)15-21(28-23)30-13-14-32-20-16-18(6-7-19(20)30)22(31)29-11-8-24(3,25)9-12-29/h5-7,10,15-16H,4,8-9,11-14H2,1-3H3,(H,26,27,28)/b10-5+. The Morgan fingerprint density at radius 2 is 2.03 bits per heavy atom. The van der Waals surface area contributed by atoms with Crippen LogP contribution in [-0.2, 0) is 0 Å². The molecule has 2 aliphatic heterocycles. The number of benzene rings is 1. The third kappa shape index (κ3) is 4.84. The van der Waals surface area contributed by atoms with Crippen LogP contribution in [0.2, 0.25) is 0 Å². The first-order chi connectivity index (χ1) is 15.4. The Labute approximate surface area is 188 Å². The lowest BCUT2D eigenvalue weighted by molar-refractivity contribution is 0.0503. The number of likely N-dealkylation sites (tertiary alicyclic amines) is 1. The van der Waals surface area contributed by atoms with Gasteiger partial charge in [0.05, 0.1) is 12.2 Å². The van der Waals surface area contributed by atoms with Crippen molar-refractivity contribution in [2.45, 2.75) is 45.7 Å². The number of carbonyl (C=O) groups excluding carboxylic acids is 1. The number of hydrogen-bond donors (Lipinski definition) is 1. The molecule has 32 heavy (non-hydrogen) atoms. The Bertz CT molecular complexity index is 1010. The van der Waals surface area contributed by atoms with Crippen molar-refractivity contribution in [3.05, 3.63) is 47.8 Å². The average Bonchev–Trinajstić information content (AvgIpc) is 2.77. The van der Waals surface area contributed by atoms with Gasteiger partial charge < -0.3 is 19.9 Å². The van der Waals surface area contributed by atoms with Crippen LogP contribution >= 0.6 is 0 Å². The molecule has 1 N–H and O–H groups in total. The summed E-state index contributed by atoms with van der Waals surface area (Å²) in [6, 6.07) is 7.42. The van der Waals surface area contributed by atoms with E-state index in [0.29, 0.717) is 56.3 Å². The van der Waals surface area contributed by atoms with Gasteiger partial charge in [-0.2, -0.15) is 4.98 Å². The van der Waals surface area contributed by atoms with E-state index in [2.05, 4.69) is 27.1 Å². The predicted molar refractivity (Wildman–Crippen MR) is 123 cm³/mol. The van der Waals surface area contributed by atoms with E-state index in [0.717, 1.165) is 23.6 Å². The van der Waals surface area contributed by atoms with Gasteiger partial charge in [0.2, 0.25) is 5.95 Å². The van der Waals surface area contributed by atoms with Crippen molar-refractivity contribution >= 4 is 23.4 Å². The number of halogens is 1. The number of alkyl halides is 1. The van der Waals surface area contributed by atoms with Crippen molar-refractivity contribution in [3.8, 4) is 5.75 Å². The molecular weight excluding hydrogens is 409 g/mol. The highest BCUT2D eigenvalue weighted by Crippen LogP contribution is 2.37. The Kier molecular flexibility index (Phi) is 6.30. The molecule has 170 valence electrons. The topological polar surface area (TPSA) is 70.6 Å². The second-order valence-corrected chi connectivity index (χ2v) is 8.53. The summed E-state index contributed by atoms with van der Waals surface area (Å²) in [6.45, 7) is 7.58. The van der Waals surface area contributed by atoms with Crippen LogP contribution in [-0.4, -0.2) is 52.7 Å². The summed E-state index contributed by atoms with van der Waals surface area (Å²) in [4.78, 5) is 25.9. The van der Waals surface area contributed by atoms with Crippen LogP contribution < -0.4 is 15.0 Å². The van der Waals surface area contributed by atoms with Gasteiger partial charge in [-0.25, -0.2) is 9.37 Å². The van der Waals surface area contributed by atoms with Crippen LogP contribution in [0.1, 0.15) is 49.2 Å². The highest BCUT2D eigenvalue weighted by atomic mass is 19.1. The van der Waals surface area contributed by atoms with Crippen molar-refractivity contribution < 1.29 is 13.9 Å². The van der Waals surface area contributed by atoms with Crippen molar-refractivity contribution in [1.82, 2.24) is 14.9 Å². The minimum absolute atomic E-state index is 0.0869. The molecule has 2 aromatic rings. The Morgan fingerprint density at radius 3 is 2.78 bits per heavy atom. The molecule has 3 heterocycles. The van der Waals surface area contributed by atoms with E-state index < -0.39 is 5.67 Å². The number of carbonyl (C=O) groups is 1. The molecule has 1 amide bonds. The second kappa shape index (κ2) is 9.14. The molecule has 0 saturated carbocycles. The fourth-order valence-electron chi connectivity index (χ4n) is 3.96. The number of anilines is 3. The Hall–Kier alpha value is -3.16. The number of ether oxygens (including phenoxy) is 1. The fraction of sp³-hybridized carbons (Fsp3) is 0.458. The number of amides is 1. The van der Waals surface area contributed by atoms with E-state index >= 15 is 0 Å². The first-order valence-electron chi connectivity index (χ1n) is 11.2. The van der Waals surface area contributed by atoms with E-state index in [1.54, 1.807) is 17.9 Å². The van der Waals surface area contributed by atoms with E-state index in [9.17, 15) is 9.18 Å². The zero-order valence-corrected chi connectivity index (χ0v) is 18.9. The molecule has 4 rings (SSSR count). The summed E-state index contributed by atoms with van der Waals surface area (Å²) in [7, 11) is 0. The van der Waals surface area contributed by atoms with Gasteiger partial charge in [-0.05, 0) is 57.5 Å². The molecule has 1 fully saturated rings. The van der Waals surface area contributed by atoms with Gasteiger partial charge in [0, 0.05) is 30.4 Å². The Morgan fingerprint density at radius 1 is 1.25 bits per heavy atom. The second-order valence-electron chi connectivity index (χ2n) is 8.53. The number of aryl methyl sites for hydroxylation is 1. The number of hydrogen-bond acceptors (Lipinski definition) is 6. The van der Waals surface area contributed by atoms with Gasteiger partial charge in [-0.3, -0.25) is 4.79 Å². The van der Waals surface area contributed by atoms with Crippen molar-refractivity contribution in [3.63, 3.8) is 0 Å². The maximum atomic E-state index is 14.1. The smallest absolute Gasteiger partial charge is 0.253 e. The third-order valence-electron chi connectivity index (χ3n) is 5.85. The maximum Gasteiger partial charge on any atom is 0.253 e.